The maximum absolute atomic E-state index is 11.7. The normalized spacial score (nSPS) is 11.8. The number of hydrogen-bond acceptors (Lipinski definition) is 4. The maximum atomic E-state index is 11.7. The first-order valence-corrected chi connectivity index (χ1v) is 6.85. The zero-order valence-corrected chi connectivity index (χ0v) is 12.0. The van der Waals surface area contributed by atoms with Crippen LogP contribution in [0.15, 0.2) is 24.3 Å². The molecule has 5 heteroatoms. The molecule has 110 valence electrons. The number of carbonyl (C=O) groups excluding carboxylic acids is 2. The molecular formula is C15H22N2O3. The molecule has 20 heavy (non-hydrogen) atoms. The summed E-state index contributed by atoms with van der Waals surface area (Å²) in [6, 6.07) is 6.83. The zero-order valence-electron chi connectivity index (χ0n) is 12.0. The van der Waals surface area contributed by atoms with Crippen LogP contribution in [0.3, 0.4) is 0 Å². The Morgan fingerprint density at radius 1 is 1.40 bits per heavy atom. The highest BCUT2D eigenvalue weighted by Crippen LogP contribution is 2.12. The Labute approximate surface area is 119 Å². The Balaban J connectivity index is 2.53. The van der Waals surface area contributed by atoms with Crippen LogP contribution in [0.25, 0.3) is 0 Å². The summed E-state index contributed by atoms with van der Waals surface area (Å²) in [5.74, 6) is -0.466. The van der Waals surface area contributed by atoms with Gasteiger partial charge in [-0.3, -0.25) is 4.79 Å². The van der Waals surface area contributed by atoms with E-state index < -0.39 is 0 Å². The van der Waals surface area contributed by atoms with Crippen molar-refractivity contribution < 1.29 is 14.3 Å². The predicted octanol–water partition coefficient (Wildman–Crippen LogP) is 2.32. The van der Waals surface area contributed by atoms with Crippen molar-refractivity contribution in [2.24, 2.45) is 5.73 Å². The van der Waals surface area contributed by atoms with Crippen LogP contribution >= 0.6 is 0 Å². The molecule has 1 aromatic carbocycles. The van der Waals surface area contributed by atoms with Crippen molar-refractivity contribution in [1.29, 1.82) is 0 Å². The first-order valence-electron chi connectivity index (χ1n) is 6.85. The highest BCUT2D eigenvalue weighted by atomic mass is 16.5. The molecule has 0 fully saturated rings. The summed E-state index contributed by atoms with van der Waals surface area (Å²) in [7, 11) is 0. The summed E-state index contributed by atoms with van der Waals surface area (Å²) >= 11 is 0. The fourth-order valence-electron chi connectivity index (χ4n) is 1.75. The van der Waals surface area contributed by atoms with Crippen LogP contribution in [-0.4, -0.2) is 24.5 Å². The van der Waals surface area contributed by atoms with Gasteiger partial charge in [-0.15, -0.1) is 0 Å². The fraction of sp³-hybridized carbons (Fsp3) is 0.467. The SMILES string of the molecule is CCOC(=O)c1cccc(NC(=O)CCCC(C)N)c1. The largest absolute Gasteiger partial charge is 0.462 e. The summed E-state index contributed by atoms with van der Waals surface area (Å²) in [6.45, 7) is 4.00. The van der Waals surface area contributed by atoms with Crippen LogP contribution in [0.1, 0.15) is 43.5 Å². The lowest BCUT2D eigenvalue weighted by Crippen LogP contribution is -2.17. The van der Waals surface area contributed by atoms with Gasteiger partial charge in [0.05, 0.1) is 12.2 Å². The van der Waals surface area contributed by atoms with E-state index in [-0.39, 0.29) is 17.9 Å². The first kappa shape index (κ1) is 16.2. The minimum absolute atomic E-state index is 0.0772. The van der Waals surface area contributed by atoms with Gasteiger partial charge < -0.3 is 15.8 Å². The van der Waals surface area contributed by atoms with Crippen molar-refractivity contribution in [2.45, 2.75) is 39.2 Å². The second-order valence-electron chi connectivity index (χ2n) is 4.72. The van der Waals surface area contributed by atoms with Gasteiger partial charge in [-0.1, -0.05) is 6.07 Å². The average molecular weight is 278 g/mol. The molecule has 1 rings (SSSR count). The third-order valence-electron chi connectivity index (χ3n) is 2.72. The van der Waals surface area contributed by atoms with Crippen molar-refractivity contribution in [1.82, 2.24) is 0 Å². The molecule has 1 unspecified atom stereocenters. The third-order valence-corrected chi connectivity index (χ3v) is 2.72. The minimum Gasteiger partial charge on any atom is -0.462 e. The van der Waals surface area contributed by atoms with E-state index in [2.05, 4.69) is 5.32 Å². The number of nitrogens with one attached hydrogen (secondary N) is 1. The van der Waals surface area contributed by atoms with Gasteiger partial charge in [-0.25, -0.2) is 4.79 Å². The monoisotopic (exact) mass is 278 g/mol. The lowest BCUT2D eigenvalue weighted by atomic mass is 10.1. The molecule has 0 aromatic heterocycles. The summed E-state index contributed by atoms with van der Waals surface area (Å²) in [5, 5.41) is 2.77. The third kappa shape index (κ3) is 5.84. The Kier molecular flexibility index (Phi) is 6.73. The number of benzene rings is 1. The summed E-state index contributed by atoms with van der Waals surface area (Å²) in [6.07, 6.45) is 1.99. The van der Waals surface area contributed by atoms with E-state index >= 15 is 0 Å². The van der Waals surface area contributed by atoms with Crippen molar-refractivity contribution in [3.8, 4) is 0 Å². The van der Waals surface area contributed by atoms with Crippen LogP contribution in [-0.2, 0) is 9.53 Å². The van der Waals surface area contributed by atoms with Crippen LogP contribution < -0.4 is 11.1 Å². The number of rotatable bonds is 7. The molecule has 0 bridgehead atoms. The van der Waals surface area contributed by atoms with Gasteiger partial charge in [-0.05, 0) is 44.9 Å². The molecule has 0 saturated heterocycles. The lowest BCUT2D eigenvalue weighted by Gasteiger charge is -2.08. The van der Waals surface area contributed by atoms with E-state index in [9.17, 15) is 9.59 Å². The van der Waals surface area contributed by atoms with Gasteiger partial charge in [0.15, 0.2) is 0 Å². The van der Waals surface area contributed by atoms with Gasteiger partial charge >= 0.3 is 5.97 Å². The summed E-state index contributed by atoms with van der Waals surface area (Å²) in [5.41, 5.74) is 6.66. The molecule has 0 radical (unpaired) electrons. The van der Waals surface area contributed by atoms with Gasteiger partial charge in [0.1, 0.15) is 0 Å². The molecule has 0 spiro atoms. The first-order chi connectivity index (χ1) is 9.52. The Hall–Kier alpha value is -1.88. The van der Waals surface area contributed by atoms with Crippen LogP contribution in [0.2, 0.25) is 0 Å². The summed E-state index contributed by atoms with van der Waals surface area (Å²) < 4.78 is 4.91. The fourth-order valence-corrected chi connectivity index (χ4v) is 1.75. The van der Waals surface area contributed by atoms with Crippen LogP contribution in [0.4, 0.5) is 5.69 Å². The quantitative estimate of drug-likeness (QED) is 0.750. The molecule has 1 atom stereocenters. The topological polar surface area (TPSA) is 81.4 Å². The van der Waals surface area contributed by atoms with Gasteiger partial charge in [0.25, 0.3) is 0 Å². The van der Waals surface area contributed by atoms with E-state index in [1.54, 1.807) is 31.2 Å². The molecular weight excluding hydrogens is 256 g/mol. The standard InChI is InChI=1S/C15H22N2O3/c1-3-20-15(19)12-7-5-8-13(10-12)17-14(18)9-4-6-11(2)16/h5,7-8,10-11H,3-4,6,9,16H2,1-2H3,(H,17,18). The van der Waals surface area contributed by atoms with E-state index in [1.807, 2.05) is 6.92 Å². The molecule has 3 N–H and O–H groups in total. The highest BCUT2D eigenvalue weighted by molar-refractivity contribution is 5.94. The van der Waals surface area contributed by atoms with E-state index in [4.69, 9.17) is 10.5 Å². The molecule has 0 heterocycles. The number of nitrogens with two attached hydrogens (primary N) is 1. The molecule has 1 amide bonds. The molecule has 0 aliphatic rings. The van der Waals surface area contributed by atoms with Crippen molar-refractivity contribution >= 4 is 17.6 Å². The zero-order chi connectivity index (χ0) is 15.0. The second-order valence-corrected chi connectivity index (χ2v) is 4.72. The highest BCUT2D eigenvalue weighted by Gasteiger charge is 2.08. The maximum Gasteiger partial charge on any atom is 0.338 e. The van der Waals surface area contributed by atoms with Gasteiger partial charge in [-0.2, -0.15) is 0 Å². The van der Waals surface area contributed by atoms with Crippen LogP contribution in [0.5, 0.6) is 0 Å². The van der Waals surface area contributed by atoms with E-state index in [1.165, 1.54) is 0 Å². The molecule has 0 aliphatic carbocycles. The average Bonchev–Trinajstić information content (AvgIpc) is 2.38. The second kappa shape index (κ2) is 8.32. The Bertz CT molecular complexity index is 458. The molecule has 0 saturated carbocycles. The Morgan fingerprint density at radius 2 is 2.15 bits per heavy atom. The number of hydrogen-bond donors (Lipinski definition) is 2. The predicted molar refractivity (Wildman–Crippen MR) is 78.5 cm³/mol. The van der Waals surface area contributed by atoms with Crippen molar-refractivity contribution in [3.05, 3.63) is 29.8 Å². The number of anilines is 1. The van der Waals surface area contributed by atoms with Crippen LogP contribution in [0, 0.1) is 0 Å². The molecule has 5 nitrogen and oxygen atoms in total. The number of amides is 1. The molecule has 1 aromatic rings. The number of carbonyl (C=O) groups is 2. The lowest BCUT2D eigenvalue weighted by molar-refractivity contribution is -0.116. The van der Waals surface area contributed by atoms with Gasteiger partial charge in [0.2, 0.25) is 5.91 Å². The van der Waals surface area contributed by atoms with Gasteiger partial charge in [0, 0.05) is 18.2 Å². The minimum atomic E-state index is -0.388. The Morgan fingerprint density at radius 3 is 2.80 bits per heavy atom. The number of esters is 1. The van der Waals surface area contributed by atoms with E-state index in [0.29, 0.717) is 24.3 Å². The smallest absolute Gasteiger partial charge is 0.338 e. The summed E-state index contributed by atoms with van der Waals surface area (Å²) in [4.78, 5) is 23.3. The van der Waals surface area contributed by atoms with Crippen molar-refractivity contribution in [2.75, 3.05) is 11.9 Å². The number of ether oxygens (including phenoxy) is 1. The molecule has 0 aliphatic heterocycles. The van der Waals surface area contributed by atoms with Crippen molar-refractivity contribution in [3.63, 3.8) is 0 Å². The van der Waals surface area contributed by atoms with E-state index in [0.717, 1.165) is 12.8 Å².